The summed E-state index contributed by atoms with van der Waals surface area (Å²) in [5, 5.41) is 13.4. The first-order valence-electron chi connectivity index (χ1n) is 9.34. The van der Waals surface area contributed by atoms with Crippen LogP contribution in [0.5, 0.6) is 5.75 Å². The average molecular weight is 379 g/mol. The van der Waals surface area contributed by atoms with Crippen LogP contribution < -0.4 is 4.74 Å². The monoisotopic (exact) mass is 379 g/mol. The summed E-state index contributed by atoms with van der Waals surface area (Å²) in [6.07, 6.45) is 4.30. The van der Waals surface area contributed by atoms with Crippen molar-refractivity contribution < 1.29 is 9.26 Å². The number of nitrogens with zero attached hydrogens (tertiary/aromatic N) is 6. The second kappa shape index (κ2) is 6.75. The van der Waals surface area contributed by atoms with Crippen LogP contribution in [0.4, 0.5) is 0 Å². The van der Waals surface area contributed by atoms with Crippen molar-refractivity contribution in [3.8, 4) is 5.75 Å². The predicted molar refractivity (Wildman–Crippen MR) is 101 cm³/mol. The molecule has 9 heteroatoms. The summed E-state index contributed by atoms with van der Waals surface area (Å²) in [6, 6.07) is 6.01. The van der Waals surface area contributed by atoms with Gasteiger partial charge in [-0.15, -0.1) is 10.2 Å². The molecule has 1 N–H and O–H groups in total. The molecule has 0 fully saturated rings. The molecule has 0 aliphatic carbocycles. The van der Waals surface area contributed by atoms with Gasteiger partial charge < -0.3 is 18.8 Å². The summed E-state index contributed by atoms with van der Waals surface area (Å²) in [7, 11) is 2.03. The summed E-state index contributed by atoms with van der Waals surface area (Å²) in [6.45, 7) is 4.00. The Kier molecular flexibility index (Phi) is 4.09. The molecule has 1 aliphatic heterocycles. The van der Waals surface area contributed by atoms with Crippen LogP contribution in [0.3, 0.4) is 0 Å². The molecule has 1 atom stereocenters. The Balaban J connectivity index is 1.41. The van der Waals surface area contributed by atoms with Gasteiger partial charge in [0.2, 0.25) is 5.89 Å². The van der Waals surface area contributed by atoms with Crippen molar-refractivity contribution in [2.24, 2.45) is 0 Å². The average Bonchev–Trinajstić information content (AvgIpc) is 3.42. The Hall–Kier alpha value is -3.20. The van der Waals surface area contributed by atoms with Crippen LogP contribution in [-0.4, -0.2) is 48.4 Å². The van der Waals surface area contributed by atoms with E-state index in [1.165, 1.54) is 0 Å². The van der Waals surface area contributed by atoms with Crippen molar-refractivity contribution in [3.05, 3.63) is 53.8 Å². The molecule has 0 saturated carbocycles. The maximum Gasteiger partial charge on any atom is 0.245 e. The van der Waals surface area contributed by atoms with E-state index < -0.39 is 0 Å². The molecule has 1 unspecified atom stereocenters. The van der Waals surface area contributed by atoms with E-state index in [0.29, 0.717) is 37.8 Å². The zero-order valence-electron chi connectivity index (χ0n) is 15.8. The number of H-pyrrole nitrogens is 1. The molecule has 1 aromatic carbocycles. The van der Waals surface area contributed by atoms with Gasteiger partial charge in [-0.05, 0) is 31.7 Å². The first-order chi connectivity index (χ1) is 13.7. The minimum absolute atomic E-state index is 0.00621. The van der Waals surface area contributed by atoms with Crippen molar-refractivity contribution in [2.75, 3.05) is 13.7 Å². The number of fused-ring (bicyclic) bond motifs is 2. The SMILES string of the molecule is CCOc1cccc2[nH]cc(Cc3noc(C4Cn5cnnc5CN4C)n3)c12. The first-order valence-corrected chi connectivity index (χ1v) is 9.34. The van der Waals surface area contributed by atoms with Gasteiger partial charge in [-0.1, -0.05) is 11.2 Å². The number of nitrogens with one attached hydrogen (secondary N) is 1. The molecule has 4 aromatic rings. The highest BCUT2D eigenvalue weighted by Gasteiger charge is 2.30. The fourth-order valence-corrected chi connectivity index (χ4v) is 3.76. The number of rotatable bonds is 5. The zero-order chi connectivity index (χ0) is 19.1. The maximum absolute atomic E-state index is 5.79. The van der Waals surface area contributed by atoms with Gasteiger partial charge in [0, 0.05) is 30.1 Å². The number of benzene rings is 1. The highest BCUT2D eigenvalue weighted by molar-refractivity contribution is 5.89. The van der Waals surface area contributed by atoms with Crippen molar-refractivity contribution in [3.63, 3.8) is 0 Å². The van der Waals surface area contributed by atoms with Gasteiger partial charge in [0.1, 0.15) is 23.9 Å². The molecule has 4 heterocycles. The predicted octanol–water partition coefficient (Wildman–Crippen LogP) is 2.32. The van der Waals surface area contributed by atoms with Gasteiger partial charge in [0.15, 0.2) is 5.82 Å². The molecule has 0 radical (unpaired) electrons. The third kappa shape index (κ3) is 2.84. The summed E-state index contributed by atoms with van der Waals surface area (Å²) < 4.78 is 13.4. The van der Waals surface area contributed by atoms with Crippen LogP contribution in [0.25, 0.3) is 10.9 Å². The van der Waals surface area contributed by atoms with Crippen LogP contribution in [0.1, 0.15) is 36.1 Å². The quantitative estimate of drug-likeness (QED) is 0.568. The van der Waals surface area contributed by atoms with E-state index in [9.17, 15) is 0 Å². The lowest BCUT2D eigenvalue weighted by molar-refractivity contribution is 0.139. The van der Waals surface area contributed by atoms with Gasteiger partial charge in [-0.2, -0.15) is 4.98 Å². The fraction of sp³-hybridized carbons (Fsp3) is 0.368. The number of likely N-dealkylation sites (N-methyl/N-ethyl adjacent to an activating group) is 1. The Morgan fingerprint density at radius 2 is 2.29 bits per heavy atom. The van der Waals surface area contributed by atoms with Crippen LogP contribution in [-0.2, 0) is 19.5 Å². The topological polar surface area (TPSA) is 97.9 Å². The minimum Gasteiger partial charge on any atom is -0.493 e. The molecule has 0 bridgehead atoms. The van der Waals surface area contributed by atoms with Crippen molar-refractivity contribution in [1.29, 1.82) is 0 Å². The molecule has 3 aromatic heterocycles. The molecule has 0 saturated heterocycles. The van der Waals surface area contributed by atoms with E-state index in [1.54, 1.807) is 6.33 Å². The van der Waals surface area contributed by atoms with Crippen molar-refractivity contribution in [2.45, 2.75) is 32.5 Å². The molecule has 5 rings (SSSR count). The molecule has 1 aliphatic rings. The van der Waals surface area contributed by atoms with Crippen LogP contribution >= 0.6 is 0 Å². The summed E-state index contributed by atoms with van der Waals surface area (Å²) in [5.74, 6) is 3.08. The Morgan fingerprint density at radius 3 is 3.18 bits per heavy atom. The van der Waals surface area contributed by atoms with E-state index in [0.717, 1.165) is 28.0 Å². The molecule has 0 amide bonds. The van der Waals surface area contributed by atoms with E-state index in [1.807, 2.05) is 42.9 Å². The fourth-order valence-electron chi connectivity index (χ4n) is 3.76. The van der Waals surface area contributed by atoms with E-state index in [-0.39, 0.29) is 6.04 Å². The third-order valence-corrected chi connectivity index (χ3v) is 5.15. The number of aromatic nitrogens is 6. The lowest BCUT2D eigenvalue weighted by Gasteiger charge is -2.29. The molecule has 0 spiro atoms. The number of ether oxygens (including phenoxy) is 1. The highest BCUT2D eigenvalue weighted by Crippen LogP contribution is 2.31. The normalized spacial score (nSPS) is 17.1. The van der Waals surface area contributed by atoms with Gasteiger partial charge in [0.05, 0.1) is 13.2 Å². The lowest BCUT2D eigenvalue weighted by atomic mass is 10.1. The van der Waals surface area contributed by atoms with E-state index >= 15 is 0 Å². The number of aromatic amines is 1. The third-order valence-electron chi connectivity index (χ3n) is 5.15. The molecule has 144 valence electrons. The van der Waals surface area contributed by atoms with E-state index in [2.05, 4.69) is 30.2 Å². The number of hydrogen-bond acceptors (Lipinski definition) is 7. The Bertz CT molecular complexity index is 1110. The summed E-state index contributed by atoms with van der Waals surface area (Å²) >= 11 is 0. The molecule has 9 nitrogen and oxygen atoms in total. The van der Waals surface area contributed by atoms with Crippen LogP contribution in [0, 0.1) is 0 Å². The maximum atomic E-state index is 5.79. The summed E-state index contributed by atoms with van der Waals surface area (Å²) in [4.78, 5) is 10.1. The van der Waals surface area contributed by atoms with Crippen molar-refractivity contribution in [1.82, 2.24) is 34.8 Å². The van der Waals surface area contributed by atoms with Crippen LogP contribution in [0.15, 0.2) is 35.2 Å². The van der Waals surface area contributed by atoms with Gasteiger partial charge in [-0.3, -0.25) is 4.90 Å². The second-order valence-corrected chi connectivity index (χ2v) is 6.98. The highest BCUT2D eigenvalue weighted by atomic mass is 16.5. The number of hydrogen-bond donors (Lipinski definition) is 1. The van der Waals surface area contributed by atoms with Gasteiger partial charge in [0.25, 0.3) is 0 Å². The van der Waals surface area contributed by atoms with Gasteiger partial charge >= 0.3 is 0 Å². The largest absolute Gasteiger partial charge is 0.493 e. The Labute approximate surface area is 161 Å². The standard InChI is InChI=1S/C19H21N7O2/c1-3-27-15-6-4-5-13-18(15)12(8-20-13)7-16-22-19(28-24-16)14-9-26-11-21-23-17(26)10-25(14)2/h4-6,8,11,14,20H,3,7,9-10H2,1-2H3. The summed E-state index contributed by atoms with van der Waals surface area (Å²) in [5.41, 5.74) is 2.13. The van der Waals surface area contributed by atoms with E-state index in [4.69, 9.17) is 9.26 Å². The lowest BCUT2D eigenvalue weighted by Crippen LogP contribution is -2.34. The molecule has 28 heavy (non-hydrogen) atoms. The minimum atomic E-state index is 0.00621. The second-order valence-electron chi connectivity index (χ2n) is 6.98. The van der Waals surface area contributed by atoms with Crippen LogP contribution in [0.2, 0.25) is 0 Å². The molecular weight excluding hydrogens is 358 g/mol. The zero-order valence-corrected chi connectivity index (χ0v) is 15.8. The Morgan fingerprint density at radius 1 is 1.36 bits per heavy atom. The first kappa shape index (κ1) is 16.9. The van der Waals surface area contributed by atoms with Gasteiger partial charge in [-0.25, -0.2) is 0 Å². The van der Waals surface area contributed by atoms with Crippen molar-refractivity contribution >= 4 is 10.9 Å². The molecular formula is C19H21N7O2. The smallest absolute Gasteiger partial charge is 0.245 e.